The molecule has 0 saturated heterocycles. The van der Waals surface area contributed by atoms with E-state index >= 15 is 0 Å². The number of hydrogen-bond acceptors (Lipinski definition) is 5. The fourth-order valence-corrected chi connectivity index (χ4v) is 4.44. The zero-order valence-corrected chi connectivity index (χ0v) is 18.7. The first-order chi connectivity index (χ1) is 16.0. The Bertz CT molecular complexity index is 1390. The third kappa shape index (κ3) is 3.31. The Hall–Kier alpha value is -3.59. The Labute approximate surface area is 190 Å². The SMILES string of the molecule is COc1nc(C2=NC(c3cn(C4CC4)c4cc(F)ccc34)CON2)ccc1-n1cc(C)n1C. The molecule has 4 heterocycles. The molecular formula is C24H25FN6O2. The van der Waals surface area contributed by atoms with Gasteiger partial charge in [-0.1, -0.05) is 0 Å². The van der Waals surface area contributed by atoms with E-state index in [1.165, 1.54) is 6.07 Å². The monoisotopic (exact) mass is 448 g/mol. The van der Waals surface area contributed by atoms with Gasteiger partial charge >= 0.3 is 0 Å². The molecule has 170 valence electrons. The molecule has 1 aromatic carbocycles. The van der Waals surface area contributed by atoms with Crippen LogP contribution in [-0.4, -0.2) is 38.5 Å². The molecule has 2 aliphatic rings. The molecule has 3 aromatic heterocycles. The number of aryl methyl sites for hydroxylation is 1. The van der Waals surface area contributed by atoms with Crippen molar-refractivity contribution in [1.82, 2.24) is 24.4 Å². The van der Waals surface area contributed by atoms with Crippen LogP contribution in [0.2, 0.25) is 0 Å². The van der Waals surface area contributed by atoms with Crippen molar-refractivity contribution >= 4 is 16.7 Å². The van der Waals surface area contributed by atoms with Gasteiger partial charge in [0, 0.05) is 36.4 Å². The molecule has 0 radical (unpaired) electrons. The summed E-state index contributed by atoms with van der Waals surface area (Å²) in [4.78, 5) is 15.3. The second-order valence-electron chi connectivity index (χ2n) is 8.65. The zero-order chi connectivity index (χ0) is 22.7. The molecule has 1 aliphatic carbocycles. The molecule has 8 nitrogen and oxygen atoms in total. The lowest BCUT2D eigenvalue weighted by Gasteiger charge is -2.24. The molecule has 6 rings (SSSR count). The number of amidine groups is 1. The Morgan fingerprint density at radius 2 is 2.03 bits per heavy atom. The lowest BCUT2D eigenvalue weighted by Crippen LogP contribution is -2.33. The molecule has 1 aliphatic heterocycles. The number of fused-ring (bicyclic) bond motifs is 1. The minimum atomic E-state index is -0.228. The summed E-state index contributed by atoms with van der Waals surface area (Å²) in [5.74, 6) is 0.804. The summed E-state index contributed by atoms with van der Waals surface area (Å²) >= 11 is 0. The lowest BCUT2D eigenvalue weighted by molar-refractivity contribution is 0.0623. The van der Waals surface area contributed by atoms with E-state index in [1.807, 2.05) is 47.7 Å². The average molecular weight is 449 g/mol. The van der Waals surface area contributed by atoms with Crippen LogP contribution in [0.25, 0.3) is 16.6 Å². The summed E-state index contributed by atoms with van der Waals surface area (Å²) in [5.41, 5.74) is 7.47. The highest BCUT2D eigenvalue weighted by atomic mass is 19.1. The zero-order valence-electron chi connectivity index (χ0n) is 18.7. The smallest absolute Gasteiger partial charge is 0.240 e. The van der Waals surface area contributed by atoms with Gasteiger partial charge in [-0.15, -0.1) is 0 Å². The van der Waals surface area contributed by atoms with Crippen LogP contribution in [0.15, 0.2) is 47.7 Å². The molecule has 0 amide bonds. The predicted octanol–water partition coefficient (Wildman–Crippen LogP) is 3.98. The summed E-state index contributed by atoms with van der Waals surface area (Å²) < 4.78 is 25.7. The van der Waals surface area contributed by atoms with Gasteiger partial charge in [0.05, 0.1) is 18.3 Å². The standard InChI is InChI=1S/C24H25FN6O2/c1-14-11-31(29(14)2)21-9-8-19(27-24(21)32-3)23-26-20(13-33-28-23)18-12-30(16-5-6-16)22-10-15(25)4-7-17(18)22/h4,7-12,16,20H,5-6,13H2,1-3H3,(H,26,28). The number of halogens is 1. The van der Waals surface area contributed by atoms with Crippen molar-refractivity contribution in [3.05, 3.63) is 65.5 Å². The maximum absolute atomic E-state index is 14.0. The Morgan fingerprint density at radius 3 is 2.76 bits per heavy atom. The van der Waals surface area contributed by atoms with E-state index in [4.69, 9.17) is 14.6 Å². The van der Waals surface area contributed by atoms with Crippen LogP contribution < -0.4 is 10.2 Å². The Morgan fingerprint density at radius 1 is 1.18 bits per heavy atom. The molecule has 1 atom stereocenters. The third-order valence-electron chi connectivity index (χ3n) is 6.49. The van der Waals surface area contributed by atoms with Crippen LogP contribution in [0.1, 0.15) is 41.9 Å². The van der Waals surface area contributed by atoms with E-state index in [2.05, 4.69) is 21.2 Å². The first kappa shape index (κ1) is 20.0. The number of methoxy groups -OCH3 is 1. The summed E-state index contributed by atoms with van der Waals surface area (Å²) in [6, 6.07) is 9.01. The number of ether oxygens (including phenoxy) is 1. The van der Waals surface area contributed by atoms with Crippen LogP contribution in [0, 0.1) is 12.7 Å². The summed E-state index contributed by atoms with van der Waals surface area (Å²) in [5, 5.41) is 1.01. The van der Waals surface area contributed by atoms with Gasteiger partial charge in [0.1, 0.15) is 29.8 Å². The van der Waals surface area contributed by atoms with Gasteiger partial charge in [-0.3, -0.25) is 19.2 Å². The van der Waals surface area contributed by atoms with Gasteiger partial charge in [0.25, 0.3) is 0 Å². The second kappa shape index (κ2) is 7.48. The highest BCUT2D eigenvalue weighted by Gasteiger charge is 2.29. The minimum absolute atomic E-state index is 0.228. The van der Waals surface area contributed by atoms with Crippen LogP contribution >= 0.6 is 0 Å². The quantitative estimate of drug-likeness (QED) is 0.501. The number of hydrogen-bond donors (Lipinski definition) is 1. The van der Waals surface area contributed by atoms with Gasteiger partial charge in [0.2, 0.25) is 5.88 Å². The van der Waals surface area contributed by atoms with Crippen molar-refractivity contribution in [2.45, 2.75) is 31.8 Å². The Balaban J connectivity index is 1.38. The van der Waals surface area contributed by atoms with Crippen molar-refractivity contribution in [2.24, 2.45) is 12.0 Å². The summed E-state index contributed by atoms with van der Waals surface area (Å²) in [6.45, 7) is 2.42. The van der Waals surface area contributed by atoms with Gasteiger partial charge in [-0.2, -0.15) is 0 Å². The van der Waals surface area contributed by atoms with Gasteiger partial charge in [-0.05, 0) is 50.1 Å². The number of rotatable bonds is 5. The second-order valence-corrected chi connectivity index (χ2v) is 8.65. The predicted molar refractivity (Wildman–Crippen MR) is 122 cm³/mol. The van der Waals surface area contributed by atoms with Crippen LogP contribution in [-0.2, 0) is 11.9 Å². The minimum Gasteiger partial charge on any atom is -0.479 e. The van der Waals surface area contributed by atoms with Gasteiger partial charge in [0.15, 0.2) is 5.84 Å². The first-order valence-electron chi connectivity index (χ1n) is 11.1. The van der Waals surface area contributed by atoms with Gasteiger partial charge < -0.3 is 9.30 Å². The first-order valence-corrected chi connectivity index (χ1v) is 11.1. The van der Waals surface area contributed by atoms with E-state index < -0.39 is 0 Å². The number of pyridine rings is 1. The molecule has 0 spiro atoms. The number of nitrogens with one attached hydrogen (secondary N) is 1. The van der Waals surface area contributed by atoms with Crippen molar-refractivity contribution in [2.75, 3.05) is 13.7 Å². The molecule has 1 saturated carbocycles. The Kier molecular flexibility index (Phi) is 4.55. The highest BCUT2D eigenvalue weighted by molar-refractivity contribution is 5.97. The topological polar surface area (TPSA) is 70.5 Å². The third-order valence-corrected chi connectivity index (χ3v) is 6.49. The average Bonchev–Trinajstić information content (AvgIpc) is 3.62. The van der Waals surface area contributed by atoms with Crippen molar-refractivity contribution in [3.63, 3.8) is 0 Å². The number of aliphatic imine (C=N–C) groups is 1. The van der Waals surface area contributed by atoms with Crippen molar-refractivity contribution in [1.29, 1.82) is 0 Å². The maximum atomic E-state index is 14.0. The summed E-state index contributed by atoms with van der Waals surface area (Å²) in [7, 11) is 3.59. The van der Waals surface area contributed by atoms with E-state index in [0.717, 1.165) is 40.7 Å². The number of benzene rings is 1. The van der Waals surface area contributed by atoms with E-state index in [-0.39, 0.29) is 11.9 Å². The molecule has 1 fully saturated rings. The normalized spacial score (nSPS) is 18.4. The van der Waals surface area contributed by atoms with Crippen molar-refractivity contribution in [3.8, 4) is 11.6 Å². The van der Waals surface area contributed by atoms with E-state index in [9.17, 15) is 4.39 Å². The van der Waals surface area contributed by atoms with Crippen LogP contribution in [0.4, 0.5) is 4.39 Å². The lowest BCUT2D eigenvalue weighted by atomic mass is 10.1. The highest BCUT2D eigenvalue weighted by Crippen LogP contribution is 2.41. The van der Waals surface area contributed by atoms with Crippen molar-refractivity contribution < 1.29 is 14.0 Å². The van der Waals surface area contributed by atoms with E-state index in [0.29, 0.717) is 30.1 Å². The van der Waals surface area contributed by atoms with Gasteiger partial charge in [-0.25, -0.2) is 14.9 Å². The number of hydroxylamine groups is 1. The molecule has 0 bridgehead atoms. The molecule has 1 unspecified atom stereocenters. The fraction of sp³-hybridized carbons (Fsp3) is 0.333. The number of aromatic nitrogens is 4. The summed E-state index contributed by atoms with van der Waals surface area (Å²) in [6.07, 6.45) is 6.36. The van der Waals surface area contributed by atoms with Crippen LogP contribution in [0.5, 0.6) is 5.88 Å². The largest absolute Gasteiger partial charge is 0.479 e. The fourth-order valence-electron chi connectivity index (χ4n) is 4.44. The van der Waals surface area contributed by atoms with Crippen LogP contribution in [0.3, 0.4) is 0 Å². The molecule has 33 heavy (non-hydrogen) atoms. The maximum Gasteiger partial charge on any atom is 0.240 e. The molecule has 9 heteroatoms. The molecule has 4 aromatic rings. The number of nitrogens with zero attached hydrogens (tertiary/aromatic N) is 5. The molecular weight excluding hydrogens is 423 g/mol. The molecule has 1 N–H and O–H groups in total. The van der Waals surface area contributed by atoms with E-state index in [1.54, 1.807) is 13.2 Å².